The van der Waals surface area contributed by atoms with Crippen molar-refractivity contribution in [2.24, 2.45) is 10.2 Å². The van der Waals surface area contributed by atoms with Crippen molar-refractivity contribution in [1.29, 1.82) is 0 Å². The summed E-state index contributed by atoms with van der Waals surface area (Å²) < 4.78 is 0. The second kappa shape index (κ2) is 21.4. The second-order valence-electron chi connectivity index (χ2n) is 15.6. The highest BCUT2D eigenvalue weighted by atomic mass is 35.5. The number of amides is 4. The van der Waals surface area contributed by atoms with E-state index < -0.39 is 11.8 Å². The third kappa shape index (κ3) is 12.6. The van der Waals surface area contributed by atoms with Crippen LogP contribution in [-0.4, -0.2) is 73.0 Å². The average Bonchev–Trinajstić information content (AvgIpc) is 3.28. The predicted molar refractivity (Wildman–Crippen MR) is 255 cm³/mol. The lowest BCUT2D eigenvalue weighted by molar-refractivity contribution is 0.0947. The van der Waals surface area contributed by atoms with Crippen LogP contribution in [-0.2, 0) is 19.5 Å². The van der Waals surface area contributed by atoms with Gasteiger partial charge in [0.2, 0.25) is 0 Å². The van der Waals surface area contributed by atoms with Gasteiger partial charge in [-0.25, -0.2) is 10.9 Å². The topological polar surface area (TPSA) is 148 Å². The first-order chi connectivity index (χ1) is 30.9. The van der Waals surface area contributed by atoms with Gasteiger partial charge in [0.05, 0.1) is 34.9 Å². The molecule has 3 aliphatic rings. The van der Waals surface area contributed by atoms with Crippen LogP contribution in [0.2, 0.25) is 10.0 Å². The van der Waals surface area contributed by atoms with E-state index in [0.717, 1.165) is 52.9 Å². The summed E-state index contributed by atoms with van der Waals surface area (Å²) in [5.41, 5.74) is 12.5. The highest BCUT2D eigenvalue weighted by Crippen LogP contribution is 2.24. The Bertz CT molecular complexity index is 2540. The molecule has 0 spiro atoms. The summed E-state index contributed by atoms with van der Waals surface area (Å²) in [5, 5.41) is 14.7. The second-order valence-corrected chi connectivity index (χ2v) is 16.4. The zero-order chi connectivity index (χ0) is 45.0. The van der Waals surface area contributed by atoms with Crippen molar-refractivity contribution in [3.63, 3.8) is 0 Å². The molecule has 14 heteroatoms. The molecule has 4 N–H and O–H groups in total. The molecule has 0 saturated heterocycles. The van der Waals surface area contributed by atoms with E-state index in [1.807, 2.05) is 99.0 Å². The largest absolute Gasteiger partial charge is 0.321 e. The van der Waals surface area contributed by atoms with Crippen LogP contribution in [0.3, 0.4) is 0 Å². The predicted octanol–water partition coefficient (Wildman–Crippen LogP) is 8.88. The first-order valence-corrected chi connectivity index (χ1v) is 21.3. The van der Waals surface area contributed by atoms with Crippen LogP contribution in [0.1, 0.15) is 81.2 Å². The zero-order valence-corrected chi connectivity index (χ0v) is 36.8. The minimum absolute atomic E-state index is 0.166. The van der Waals surface area contributed by atoms with Gasteiger partial charge in [-0.2, -0.15) is 10.2 Å². The lowest BCUT2D eigenvalue weighted by Gasteiger charge is -2.21. The molecule has 0 saturated carbocycles. The molecular formula is C50H46Cl2N8O4. The number of hydrogen-bond donors (Lipinski definition) is 4. The number of hydrogen-bond acceptors (Lipinski definition) is 8. The number of fused-ring (bicyclic) bond motifs is 2. The summed E-state index contributed by atoms with van der Waals surface area (Å²) in [4.78, 5) is 58.0. The summed E-state index contributed by atoms with van der Waals surface area (Å²) in [6.45, 7) is 2.84. The van der Waals surface area contributed by atoms with Gasteiger partial charge in [0.1, 0.15) is 0 Å². The van der Waals surface area contributed by atoms with Crippen LogP contribution in [0, 0.1) is 0 Å². The molecular weight excluding hydrogens is 848 g/mol. The number of nitrogens with one attached hydrogen (secondary N) is 4. The van der Waals surface area contributed by atoms with Crippen LogP contribution >= 0.6 is 23.2 Å². The van der Waals surface area contributed by atoms with Crippen molar-refractivity contribution in [1.82, 2.24) is 20.7 Å². The molecule has 0 aliphatic carbocycles. The minimum atomic E-state index is -0.534. The van der Waals surface area contributed by atoms with Crippen LogP contribution in [0.15, 0.2) is 144 Å². The number of carbonyl (C=O) groups excluding carboxylic acids is 4. The number of carbonyl (C=O) groups is 4. The van der Waals surface area contributed by atoms with Gasteiger partial charge < -0.3 is 20.4 Å². The molecule has 0 fully saturated rings. The average molecular weight is 894 g/mol. The van der Waals surface area contributed by atoms with Crippen molar-refractivity contribution in [2.75, 3.05) is 37.8 Å². The SMILES string of the molecule is CN1CCCN(C)Cc2cccc(c2)C(=O)Nc2ccc(Cl)cc2C(=O)NN=Cc2ccc(cc2)Cc2ccc(cc2)C=NNC(=O)c2cc(Cl)ccc2NC(=O)c2cccc(c2)C1. The number of anilines is 2. The summed E-state index contributed by atoms with van der Waals surface area (Å²) >= 11 is 12.6. The molecule has 6 aromatic rings. The Kier molecular flexibility index (Phi) is 15.1. The molecule has 0 atom stereocenters. The highest BCUT2D eigenvalue weighted by Gasteiger charge is 2.18. The van der Waals surface area contributed by atoms with Crippen molar-refractivity contribution >= 4 is 70.6 Å². The van der Waals surface area contributed by atoms with Crippen molar-refractivity contribution < 1.29 is 19.2 Å². The fourth-order valence-electron chi connectivity index (χ4n) is 7.16. The third-order valence-corrected chi connectivity index (χ3v) is 10.9. The van der Waals surface area contributed by atoms with Gasteiger partial charge in [0.25, 0.3) is 23.6 Å². The lowest BCUT2D eigenvalue weighted by Crippen LogP contribution is -2.25. The van der Waals surface area contributed by atoms with E-state index in [1.165, 1.54) is 24.6 Å². The summed E-state index contributed by atoms with van der Waals surface area (Å²) in [6, 6.07) is 39.7. The molecule has 0 radical (unpaired) electrons. The van der Waals surface area contributed by atoms with Crippen molar-refractivity contribution in [3.8, 4) is 0 Å². The first kappa shape index (κ1) is 45.1. The maximum Gasteiger partial charge on any atom is 0.273 e. The molecule has 3 aliphatic heterocycles. The van der Waals surface area contributed by atoms with E-state index in [9.17, 15) is 19.2 Å². The quantitative estimate of drug-likeness (QED) is 0.120. The van der Waals surface area contributed by atoms with E-state index in [2.05, 4.69) is 41.5 Å². The molecule has 12 nitrogen and oxygen atoms in total. The van der Waals surface area contributed by atoms with E-state index in [4.69, 9.17) is 23.2 Å². The molecule has 3 heterocycles. The maximum absolute atomic E-state index is 13.5. The van der Waals surface area contributed by atoms with Gasteiger partial charge in [-0.05, 0) is 134 Å². The Morgan fingerprint density at radius 1 is 0.484 bits per heavy atom. The molecule has 6 aromatic carbocycles. The van der Waals surface area contributed by atoms with Gasteiger partial charge in [0.15, 0.2) is 0 Å². The number of benzene rings is 6. The third-order valence-electron chi connectivity index (χ3n) is 10.4. The summed E-state index contributed by atoms with van der Waals surface area (Å²) in [5.74, 6) is -1.80. The fraction of sp³-hybridized carbons (Fsp3) is 0.160. The van der Waals surface area contributed by atoms with Gasteiger partial charge in [-0.1, -0.05) is 96.0 Å². The van der Waals surface area contributed by atoms with Gasteiger partial charge in [-0.3, -0.25) is 19.2 Å². The smallest absolute Gasteiger partial charge is 0.273 e. The zero-order valence-electron chi connectivity index (χ0n) is 35.3. The summed E-state index contributed by atoms with van der Waals surface area (Å²) in [6.07, 6.45) is 4.62. The van der Waals surface area contributed by atoms with Crippen LogP contribution < -0.4 is 21.5 Å². The number of halogens is 2. The Balaban J connectivity index is 1.09. The fourth-order valence-corrected chi connectivity index (χ4v) is 7.50. The molecule has 324 valence electrons. The Hall–Kier alpha value is -6.96. The van der Waals surface area contributed by atoms with Crippen LogP contribution in [0.4, 0.5) is 11.4 Å². The van der Waals surface area contributed by atoms with Gasteiger partial charge in [0, 0.05) is 34.3 Å². The van der Waals surface area contributed by atoms with Gasteiger partial charge >= 0.3 is 0 Å². The van der Waals surface area contributed by atoms with Gasteiger partial charge in [-0.15, -0.1) is 0 Å². The molecule has 0 aromatic heterocycles. The van der Waals surface area contributed by atoms with E-state index >= 15 is 0 Å². The normalized spacial score (nSPS) is 15.2. The number of hydrazone groups is 2. The van der Waals surface area contributed by atoms with Crippen molar-refractivity contribution in [3.05, 3.63) is 199 Å². The Morgan fingerprint density at radius 2 is 0.906 bits per heavy atom. The Morgan fingerprint density at radius 3 is 1.33 bits per heavy atom. The molecule has 64 heavy (non-hydrogen) atoms. The van der Waals surface area contributed by atoms with Crippen LogP contribution in [0.25, 0.3) is 0 Å². The molecule has 8 bridgehead atoms. The summed E-state index contributed by atoms with van der Waals surface area (Å²) in [7, 11) is 4.06. The van der Waals surface area contributed by atoms with Crippen LogP contribution in [0.5, 0.6) is 0 Å². The first-order valence-electron chi connectivity index (χ1n) is 20.6. The Labute approximate surface area is 382 Å². The van der Waals surface area contributed by atoms with E-state index in [0.29, 0.717) is 52.1 Å². The van der Waals surface area contributed by atoms with E-state index in [-0.39, 0.29) is 22.9 Å². The van der Waals surface area contributed by atoms with Crippen molar-refractivity contribution in [2.45, 2.75) is 25.9 Å². The standard InChI is InChI=1S/C50H46Cl2N8O4/c1-59-22-5-23-60(2)32-38-7-4-9-40(26-38)48(62)56-46-21-19-42(52)28-44(46)50(64)58-54-30-36-16-12-34(13-17-36)24-33-10-14-35(15-11-33)29-53-57-49(63)43-27-41(51)18-20-45(43)55-47(61)39-8-3-6-37(25-39)31-59/h3-4,6-21,25-30H,5,22-24,31-32H2,1-2H3,(H,55,61)(H,56,62)(H,57,63)(H,58,64). The maximum atomic E-state index is 13.5. The molecule has 4 amide bonds. The highest BCUT2D eigenvalue weighted by molar-refractivity contribution is 6.31. The molecule has 0 unspecified atom stereocenters. The monoisotopic (exact) mass is 892 g/mol. The lowest BCUT2D eigenvalue weighted by atomic mass is 10.0. The minimum Gasteiger partial charge on any atom is -0.321 e. The molecule has 9 rings (SSSR count). The number of nitrogens with zero attached hydrogens (tertiary/aromatic N) is 4. The number of rotatable bonds is 0. The van der Waals surface area contributed by atoms with E-state index in [1.54, 1.807) is 36.4 Å².